The van der Waals surface area contributed by atoms with Crippen LogP contribution < -0.4 is 10.6 Å². The summed E-state index contributed by atoms with van der Waals surface area (Å²) in [6, 6.07) is 11.3. The van der Waals surface area contributed by atoms with E-state index in [-0.39, 0.29) is 5.91 Å². The maximum atomic E-state index is 12.5. The molecular formula is C17H19N5O. The van der Waals surface area contributed by atoms with Gasteiger partial charge in [0.1, 0.15) is 11.6 Å². The van der Waals surface area contributed by atoms with Crippen molar-refractivity contribution in [1.29, 1.82) is 0 Å². The van der Waals surface area contributed by atoms with Crippen molar-refractivity contribution < 1.29 is 4.79 Å². The number of aryl methyl sites for hydroxylation is 1. The molecule has 0 bridgehead atoms. The predicted octanol–water partition coefficient (Wildman–Crippen LogP) is 2.85. The highest BCUT2D eigenvalue weighted by molar-refractivity contribution is 6.07. The highest BCUT2D eigenvalue weighted by Crippen LogP contribution is 2.23. The highest BCUT2D eigenvalue weighted by atomic mass is 16.1. The zero-order valence-electron chi connectivity index (χ0n) is 13.2. The summed E-state index contributed by atoms with van der Waals surface area (Å²) in [4.78, 5) is 17.0. The minimum absolute atomic E-state index is 0.0847. The second kappa shape index (κ2) is 6.48. The van der Waals surface area contributed by atoms with Crippen LogP contribution in [0.5, 0.6) is 0 Å². The molecular weight excluding hydrogens is 290 g/mol. The van der Waals surface area contributed by atoms with Gasteiger partial charge in [-0.2, -0.15) is 5.10 Å². The molecule has 3 aromatic rings. The fourth-order valence-corrected chi connectivity index (χ4v) is 2.39. The van der Waals surface area contributed by atoms with Crippen LogP contribution in [-0.2, 0) is 7.05 Å². The summed E-state index contributed by atoms with van der Waals surface area (Å²) in [5, 5.41) is 11.1. The van der Waals surface area contributed by atoms with E-state index in [1.165, 1.54) is 0 Å². The lowest BCUT2D eigenvalue weighted by Gasteiger charge is -2.11. The van der Waals surface area contributed by atoms with Crippen LogP contribution in [-0.4, -0.2) is 27.2 Å². The summed E-state index contributed by atoms with van der Waals surface area (Å²) in [6.45, 7) is 2.68. The molecule has 0 spiro atoms. The number of carbonyl (C=O) groups excluding carboxylic acids is 1. The Morgan fingerprint density at radius 1 is 1.26 bits per heavy atom. The molecule has 0 aliphatic carbocycles. The molecule has 2 N–H and O–H groups in total. The molecule has 2 aromatic heterocycles. The van der Waals surface area contributed by atoms with Crippen molar-refractivity contribution in [2.75, 3.05) is 11.9 Å². The predicted molar refractivity (Wildman–Crippen MR) is 90.9 cm³/mol. The van der Waals surface area contributed by atoms with Crippen LogP contribution in [0.1, 0.15) is 23.7 Å². The second-order valence-electron chi connectivity index (χ2n) is 5.29. The van der Waals surface area contributed by atoms with E-state index in [2.05, 4.69) is 20.7 Å². The third-order valence-corrected chi connectivity index (χ3v) is 3.57. The lowest BCUT2D eigenvalue weighted by molar-refractivity contribution is 0.0955. The molecule has 1 amide bonds. The number of aromatic nitrogens is 3. The Bertz CT molecular complexity index is 840. The molecule has 6 heteroatoms. The van der Waals surface area contributed by atoms with E-state index in [0.717, 1.165) is 23.1 Å². The van der Waals surface area contributed by atoms with E-state index in [1.54, 1.807) is 16.9 Å². The Morgan fingerprint density at radius 2 is 2.09 bits per heavy atom. The van der Waals surface area contributed by atoms with Crippen molar-refractivity contribution in [3.8, 4) is 0 Å². The number of hydrogen-bond donors (Lipinski definition) is 2. The van der Waals surface area contributed by atoms with Gasteiger partial charge in [0, 0.05) is 25.0 Å². The summed E-state index contributed by atoms with van der Waals surface area (Å²) < 4.78 is 1.72. The van der Waals surface area contributed by atoms with Gasteiger partial charge in [-0.1, -0.05) is 25.1 Å². The summed E-state index contributed by atoms with van der Waals surface area (Å²) in [7, 11) is 1.85. The number of hydrogen-bond acceptors (Lipinski definition) is 4. The van der Waals surface area contributed by atoms with Crippen molar-refractivity contribution in [2.45, 2.75) is 13.3 Å². The first kappa shape index (κ1) is 15.0. The average Bonchev–Trinajstić information content (AvgIpc) is 2.96. The number of para-hydroxylation sites is 1. The highest BCUT2D eigenvalue weighted by Gasteiger charge is 2.13. The van der Waals surface area contributed by atoms with Crippen molar-refractivity contribution in [1.82, 2.24) is 20.1 Å². The van der Waals surface area contributed by atoms with Gasteiger partial charge in [-0.05, 0) is 18.6 Å². The van der Waals surface area contributed by atoms with Gasteiger partial charge in [0.25, 0.3) is 5.91 Å². The lowest BCUT2D eigenvalue weighted by atomic mass is 10.1. The van der Waals surface area contributed by atoms with Crippen LogP contribution in [0.2, 0.25) is 0 Å². The van der Waals surface area contributed by atoms with Gasteiger partial charge in [0.05, 0.1) is 17.3 Å². The summed E-state index contributed by atoms with van der Waals surface area (Å²) >= 11 is 0. The van der Waals surface area contributed by atoms with Crippen LogP contribution in [0.15, 0.2) is 42.6 Å². The molecule has 118 valence electrons. The summed E-state index contributed by atoms with van der Waals surface area (Å²) in [6.07, 6.45) is 2.60. The second-order valence-corrected chi connectivity index (χ2v) is 5.29. The van der Waals surface area contributed by atoms with E-state index in [0.29, 0.717) is 17.9 Å². The van der Waals surface area contributed by atoms with E-state index in [9.17, 15) is 4.79 Å². The molecule has 1 aromatic carbocycles. The number of nitrogens with zero attached hydrogens (tertiary/aromatic N) is 3. The average molecular weight is 309 g/mol. The molecule has 3 rings (SSSR count). The Hall–Kier alpha value is -2.89. The quantitative estimate of drug-likeness (QED) is 0.760. The number of carbonyl (C=O) groups is 1. The Kier molecular flexibility index (Phi) is 4.23. The standard InChI is InChI=1S/C17H19N5O/c1-3-9-18-17(23)13-11-15(21-16-8-10-19-22(16)2)20-14-7-5-4-6-12(13)14/h4-8,10-11H,3,9H2,1-2H3,(H,18,23)(H,20,21). The summed E-state index contributed by atoms with van der Waals surface area (Å²) in [5.41, 5.74) is 1.40. The van der Waals surface area contributed by atoms with Crippen molar-refractivity contribution in [2.24, 2.45) is 7.05 Å². The van der Waals surface area contributed by atoms with Gasteiger partial charge in [-0.15, -0.1) is 0 Å². The molecule has 23 heavy (non-hydrogen) atoms. The minimum Gasteiger partial charge on any atom is -0.352 e. The van der Waals surface area contributed by atoms with E-state index < -0.39 is 0 Å². The van der Waals surface area contributed by atoms with Crippen LogP contribution in [0.3, 0.4) is 0 Å². The third-order valence-electron chi connectivity index (χ3n) is 3.57. The minimum atomic E-state index is -0.0847. The molecule has 6 nitrogen and oxygen atoms in total. The molecule has 0 aliphatic rings. The van der Waals surface area contributed by atoms with Crippen LogP contribution >= 0.6 is 0 Å². The molecule has 0 aliphatic heterocycles. The monoisotopic (exact) mass is 309 g/mol. The smallest absolute Gasteiger partial charge is 0.252 e. The molecule has 0 unspecified atom stereocenters. The number of nitrogens with one attached hydrogen (secondary N) is 2. The maximum Gasteiger partial charge on any atom is 0.252 e. The fraction of sp³-hybridized carbons (Fsp3) is 0.235. The van der Waals surface area contributed by atoms with Gasteiger partial charge in [-0.3, -0.25) is 9.48 Å². The van der Waals surface area contributed by atoms with Gasteiger partial charge in [0.2, 0.25) is 0 Å². The number of rotatable bonds is 5. The Morgan fingerprint density at radius 3 is 2.83 bits per heavy atom. The van der Waals surface area contributed by atoms with Crippen molar-refractivity contribution in [3.05, 3.63) is 48.2 Å². The van der Waals surface area contributed by atoms with Crippen LogP contribution in [0.25, 0.3) is 10.9 Å². The molecule has 0 saturated heterocycles. The van der Waals surface area contributed by atoms with Gasteiger partial charge < -0.3 is 10.6 Å². The van der Waals surface area contributed by atoms with Gasteiger partial charge >= 0.3 is 0 Å². The number of benzene rings is 1. The summed E-state index contributed by atoms with van der Waals surface area (Å²) in [5.74, 6) is 1.35. The van der Waals surface area contributed by atoms with Gasteiger partial charge in [0.15, 0.2) is 0 Å². The van der Waals surface area contributed by atoms with Crippen molar-refractivity contribution in [3.63, 3.8) is 0 Å². The zero-order valence-corrected chi connectivity index (χ0v) is 13.2. The van der Waals surface area contributed by atoms with E-state index in [4.69, 9.17) is 0 Å². The van der Waals surface area contributed by atoms with Crippen LogP contribution in [0, 0.1) is 0 Å². The number of pyridine rings is 1. The number of fused-ring (bicyclic) bond motifs is 1. The molecule has 0 radical (unpaired) electrons. The Balaban J connectivity index is 2.03. The first-order chi connectivity index (χ1) is 11.2. The largest absolute Gasteiger partial charge is 0.352 e. The fourth-order valence-electron chi connectivity index (χ4n) is 2.39. The molecule has 0 saturated carbocycles. The van der Waals surface area contributed by atoms with E-state index in [1.807, 2.05) is 44.3 Å². The topological polar surface area (TPSA) is 71.8 Å². The van der Waals surface area contributed by atoms with Crippen LogP contribution in [0.4, 0.5) is 11.6 Å². The first-order valence-electron chi connectivity index (χ1n) is 7.62. The zero-order chi connectivity index (χ0) is 16.2. The molecule has 2 heterocycles. The number of anilines is 2. The normalized spacial score (nSPS) is 10.7. The Labute approximate surface area is 134 Å². The molecule has 0 atom stereocenters. The number of amides is 1. The van der Waals surface area contributed by atoms with E-state index >= 15 is 0 Å². The maximum absolute atomic E-state index is 12.5. The third kappa shape index (κ3) is 3.15. The first-order valence-corrected chi connectivity index (χ1v) is 7.62. The SMILES string of the molecule is CCCNC(=O)c1cc(Nc2ccnn2C)nc2ccccc12. The lowest BCUT2D eigenvalue weighted by Crippen LogP contribution is -2.24. The molecule has 0 fully saturated rings. The van der Waals surface area contributed by atoms with Gasteiger partial charge in [-0.25, -0.2) is 4.98 Å². The van der Waals surface area contributed by atoms with Crippen molar-refractivity contribution >= 4 is 28.4 Å².